The third-order valence-corrected chi connectivity index (χ3v) is 4.51. The van der Waals surface area contributed by atoms with Crippen LogP contribution < -0.4 is 10.1 Å². The lowest BCUT2D eigenvalue weighted by Crippen LogP contribution is -2.14. The standard InChI is InChI=1S/C20H16N4O2S/c25-20(23-18-7-1-2-8-19(18)24-10-4-9-22-24)15-5-3-6-17(11-15)26-12-16-13-27-14-21-16/h1-11,13-14H,12H2,(H,23,25). The van der Waals surface area contributed by atoms with Crippen LogP contribution in [0.5, 0.6) is 5.75 Å². The Morgan fingerprint density at radius 2 is 2.07 bits per heavy atom. The van der Waals surface area contributed by atoms with E-state index in [1.807, 2.05) is 48.0 Å². The van der Waals surface area contributed by atoms with E-state index >= 15 is 0 Å². The molecule has 2 aromatic heterocycles. The SMILES string of the molecule is O=C(Nc1ccccc1-n1cccn1)c1cccc(OCc2cscn2)c1. The van der Waals surface area contributed by atoms with Gasteiger partial charge in [-0.05, 0) is 36.4 Å². The Balaban J connectivity index is 1.50. The lowest BCUT2D eigenvalue weighted by Gasteiger charge is -2.12. The largest absolute Gasteiger partial charge is 0.487 e. The Bertz CT molecular complexity index is 1030. The van der Waals surface area contributed by atoms with Crippen molar-refractivity contribution in [2.75, 3.05) is 5.32 Å². The van der Waals surface area contributed by atoms with Gasteiger partial charge in [0, 0.05) is 23.3 Å². The van der Waals surface area contributed by atoms with Crippen molar-refractivity contribution in [3.63, 3.8) is 0 Å². The van der Waals surface area contributed by atoms with Crippen molar-refractivity contribution in [1.29, 1.82) is 0 Å². The van der Waals surface area contributed by atoms with Crippen LogP contribution in [0.25, 0.3) is 5.69 Å². The van der Waals surface area contributed by atoms with Crippen molar-refractivity contribution in [1.82, 2.24) is 14.8 Å². The number of para-hydroxylation sites is 2. The van der Waals surface area contributed by atoms with E-state index in [9.17, 15) is 4.79 Å². The highest BCUT2D eigenvalue weighted by Gasteiger charge is 2.11. The zero-order chi connectivity index (χ0) is 18.5. The number of anilines is 1. The van der Waals surface area contributed by atoms with Crippen LogP contribution in [-0.2, 0) is 6.61 Å². The van der Waals surface area contributed by atoms with Crippen LogP contribution in [0.4, 0.5) is 5.69 Å². The fraction of sp³-hybridized carbons (Fsp3) is 0.0500. The van der Waals surface area contributed by atoms with Gasteiger partial charge in [0.15, 0.2) is 0 Å². The number of amides is 1. The number of thiazole rings is 1. The summed E-state index contributed by atoms with van der Waals surface area (Å²) in [5.74, 6) is 0.407. The molecular weight excluding hydrogens is 360 g/mol. The first-order valence-corrected chi connectivity index (χ1v) is 9.24. The summed E-state index contributed by atoms with van der Waals surface area (Å²) < 4.78 is 7.44. The third kappa shape index (κ3) is 4.04. The Labute approximate surface area is 160 Å². The monoisotopic (exact) mass is 376 g/mol. The van der Waals surface area contributed by atoms with Crippen LogP contribution >= 0.6 is 11.3 Å². The topological polar surface area (TPSA) is 69.0 Å². The van der Waals surface area contributed by atoms with Crippen LogP contribution in [0.1, 0.15) is 16.1 Å². The number of carbonyl (C=O) groups is 1. The van der Waals surface area contributed by atoms with Crippen molar-refractivity contribution in [2.45, 2.75) is 6.61 Å². The first-order valence-electron chi connectivity index (χ1n) is 8.30. The quantitative estimate of drug-likeness (QED) is 0.549. The Morgan fingerprint density at radius 1 is 1.15 bits per heavy atom. The molecule has 0 aliphatic heterocycles. The van der Waals surface area contributed by atoms with Gasteiger partial charge in [0.2, 0.25) is 0 Å². The second-order valence-corrected chi connectivity index (χ2v) is 6.44. The number of carbonyl (C=O) groups excluding carboxylic acids is 1. The van der Waals surface area contributed by atoms with Gasteiger partial charge < -0.3 is 10.1 Å². The molecule has 0 unspecified atom stereocenters. The zero-order valence-corrected chi connectivity index (χ0v) is 15.1. The molecule has 4 aromatic rings. The maximum Gasteiger partial charge on any atom is 0.255 e. The second kappa shape index (κ2) is 7.84. The molecule has 0 aliphatic carbocycles. The van der Waals surface area contributed by atoms with Crippen LogP contribution in [0, 0.1) is 0 Å². The van der Waals surface area contributed by atoms with E-state index in [1.54, 1.807) is 34.6 Å². The van der Waals surface area contributed by atoms with Crippen LogP contribution in [-0.4, -0.2) is 20.7 Å². The lowest BCUT2D eigenvalue weighted by molar-refractivity contribution is 0.102. The van der Waals surface area contributed by atoms with E-state index < -0.39 is 0 Å². The van der Waals surface area contributed by atoms with Crippen LogP contribution in [0.3, 0.4) is 0 Å². The molecule has 4 rings (SSSR count). The molecule has 0 fully saturated rings. The number of aromatic nitrogens is 3. The van der Waals surface area contributed by atoms with Crippen molar-refractivity contribution in [2.24, 2.45) is 0 Å². The van der Waals surface area contributed by atoms with Gasteiger partial charge in [0.05, 0.1) is 22.6 Å². The summed E-state index contributed by atoms with van der Waals surface area (Å²) >= 11 is 1.52. The fourth-order valence-electron chi connectivity index (χ4n) is 2.58. The van der Waals surface area contributed by atoms with Gasteiger partial charge in [0.1, 0.15) is 12.4 Å². The lowest BCUT2D eigenvalue weighted by atomic mass is 10.2. The Morgan fingerprint density at radius 3 is 2.89 bits per heavy atom. The smallest absolute Gasteiger partial charge is 0.255 e. The van der Waals surface area contributed by atoms with Gasteiger partial charge in [-0.25, -0.2) is 9.67 Å². The highest BCUT2D eigenvalue weighted by atomic mass is 32.1. The van der Waals surface area contributed by atoms with Crippen LogP contribution in [0.15, 0.2) is 77.9 Å². The van der Waals surface area contributed by atoms with Gasteiger partial charge >= 0.3 is 0 Å². The summed E-state index contributed by atoms with van der Waals surface area (Å²) in [5, 5.41) is 9.11. The highest BCUT2D eigenvalue weighted by Crippen LogP contribution is 2.21. The molecule has 0 spiro atoms. The predicted molar refractivity (Wildman–Crippen MR) is 104 cm³/mol. The van der Waals surface area contributed by atoms with E-state index in [4.69, 9.17) is 4.74 Å². The minimum absolute atomic E-state index is 0.214. The number of nitrogens with one attached hydrogen (secondary N) is 1. The summed E-state index contributed by atoms with van der Waals surface area (Å²) in [6.07, 6.45) is 3.53. The van der Waals surface area contributed by atoms with Gasteiger partial charge in [0.25, 0.3) is 5.91 Å². The Hall–Kier alpha value is -3.45. The third-order valence-electron chi connectivity index (χ3n) is 3.87. The molecule has 6 nitrogen and oxygen atoms in total. The van der Waals surface area contributed by atoms with E-state index in [0.29, 0.717) is 23.6 Å². The maximum atomic E-state index is 12.7. The number of benzene rings is 2. The minimum Gasteiger partial charge on any atom is -0.487 e. The van der Waals surface area contributed by atoms with Crippen molar-refractivity contribution in [3.8, 4) is 11.4 Å². The van der Waals surface area contributed by atoms with Gasteiger partial charge in [-0.2, -0.15) is 5.10 Å². The van der Waals surface area contributed by atoms with E-state index in [0.717, 1.165) is 11.4 Å². The molecule has 1 N–H and O–H groups in total. The summed E-state index contributed by atoms with van der Waals surface area (Å²) in [6.45, 7) is 0.372. The Kier molecular flexibility index (Phi) is 4.93. The van der Waals surface area contributed by atoms with Crippen molar-refractivity contribution in [3.05, 3.63) is 89.1 Å². The number of hydrogen-bond acceptors (Lipinski definition) is 5. The average molecular weight is 376 g/mol. The minimum atomic E-state index is -0.214. The summed E-state index contributed by atoms with van der Waals surface area (Å²) in [7, 11) is 0. The molecule has 0 bridgehead atoms. The predicted octanol–water partition coefficient (Wildman–Crippen LogP) is 4.16. The molecule has 0 radical (unpaired) electrons. The van der Waals surface area contributed by atoms with E-state index in [1.165, 1.54) is 11.3 Å². The van der Waals surface area contributed by atoms with Crippen molar-refractivity contribution >= 4 is 22.9 Å². The molecule has 7 heteroatoms. The number of ether oxygens (including phenoxy) is 1. The molecular formula is C20H16N4O2S. The second-order valence-electron chi connectivity index (χ2n) is 5.72. The molecule has 0 atom stereocenters. The normalized spacial score (nSPS) is 10.5. The van der Waals surface area contributed by atoms with E-state index in [-0.39, 0.29) is 5.91 Å². The maximum absolute atomic E-state index is 12.7. The molecule has 27 heavy (non-hydrogen) atoms. The molecule has 134 valence electrons. The van der Waals surface area contributed by atoms with Crippen LogP contribution in [0.2, 0.25) is 0 Å². The molecule has 2 aromatic carbocycles. The molecule has 2 heterocycles. The molecule has 0 aliphatic rings. The number of hydrogen-bond donors (Lipinski definition) is 1. The van der Waals surface area contributed by atoms with Gasteiger partial charge in [-0.3, -0.25) is 4.79 Å². The molecule has 0 saturated heterocycles. The fourth-order valence-corrected chi connectivity index (χ4v) is 3.12. The van der Waals surface area contributed by atoms with Crippen molar-refractivity contribution < 1.29 is 9.53 Å². The van der Waals surface area contributed by atoms with E-state index in [2.05, 4.69) is 15.4 Å². The summed E-state index contributed by atoms with van der Waals surface area (Å²) in [5.41, 5.74) is 4.62. The summed E-state index contributed by atoms with van der Waals surface area (Å²) in [4.78, 5) is 16.9. The molecule has 0 saturated carbocycles. The zero-order valence-electron chi connectivity index (χ0n) is 14.3. The number of nitrogens with zero attached hydrogens (tertiary/aromatic N) is 3. The first kappa shape index (κ1) is 17.0. The average Bonchev–Trinajstić information content (AvgIpc) is 3.41. The number of rotatable bonds is 6. The summed E-state index contributed by atoms with van der Waals surface area (Å²) in [6, 6.07) is 16.4. The molecule has 1 amide bonds. The highest BCUT2D eigenvalue weighted by molar-refractivity contribution is 7.07. The van der Waals surface area contributed by atoms with Gasteiger partial charge in [-0.15, -0.1) is 11.3 Å². The first-order chi connectivity index (χ1) is 13.3. The van der Waals surface area contributed by atoms with Gasteiger partial charge in [-0.1, -0.05) is 18.2 Å².